The van der Waals surface area contributed by atoms with E-state index >= 15 is 0 Å². The highest BCUT2D eigenvalue weighted by Crippen LogP contribution is 2.61. The molecule has 0 aromatic carbocycles. The van der Waals surface area contributed by atoms with Crippen LogP contribution in [0, 0.1) is 30.6 Å². The van der Waals surface area contributed by atoms with Crippen LogP contribution in [0.15, 0.2) is 11.6 Å². The molecule has 1 saturated carbocycles. The maximum absolute atomic E-state index is 13.6. The van der Waals surface area contributed by atoms with E-state index in [1.807, 2.05) is 11.3 Å². The van der Waals surface area contributed by atoms with Gasteiger partial charge in [-0.15, -0.1) is 11.3 Å². The molecule has 2 heterocycles. The second kappa shape index (κ2) is 8.46. The van der Waals surface area contributed by atoms with Crippen molar-refractivity contribution in [1.29, 1.82) is 0 Å². The van der Waals surface area contributed by atoms with Crippen LogP contribution in [0.4, 0.5) is 0 Å². The second-order valence-electron chi connectivity index (χ2n) is 10.3. The molecule has 0 amide bonds. The number of carbonyl (C=O) groups excluding carboxylic acids is 2. The number of rotatable bonds is 1. The van der Waals surface area contributed by atoms with Crippen molar-refractivity contribution in [1.82, 2.24) is 4.98 Å². The maximum Gasteiger partial charge on any atom is 0.306 e. The molecule has 0 bridgehead atoms. The van der Waals surface area contributed by atoms with Gasteiger partial charge in [0.05, 0.1) is 17.1 Å². The number of carbonyl (C=O) groups is 2. The van der Waals surface area contributed by atoms with E-state index in [0.29, 0.717) is 24.2 Å². The van der Waals surface area contributed by atoms with Gasteiger partial charge in [-0.05, 0) is 68.8 Å². The number of aromatic nitrogens is 1. The van der Waals surface area contributed by atoms with Gasteiger partial charge in [0.1, 0.15) is 6.10 Å². The molecule has 2 fully saturated rings. The fourth-order valence-corrected chi connectivity index (χ4v) is 8.09. The lowest BCUT2D eigenvalue weighted by Gasteiger charge is -2.37. The van der Waals surface area contributed by atoms with E-state index in [1.165, 1.54) is 29.8 Å². The van der Waals surface area contributed by atoms with E-state index in [0.717, 1.165) is 42.7 Å². The largest absolute Gasteiger partial charge is 0.462 e. The number of ketones is 1. The fraction of sp³-hybridized carbons (Fsp3) is 0.731. The summed E-state index contributed by atoms with van der Waals surface area (Å²) in [4.78, 5) is 33.1. The van der Waals surface area contributed by atoms with Gasteiger partial charge in [-0.1, -0.05) is 32.8 Å². The molecular formula is C26H35NO3S. The van der Waals surface area contributed by atoms with E-state index in [4.69, 9.17) is 9.72 Å². The minimum atomic E-state index is -0.133. The molecule has 1 aliphatic heterocycles. The number of Topliss-reactive ketones (excluding diaryl/α,β-unsaturated/α-hetero) is 1. The average Bonchev–Trinajstić information content (AvgIpc) is 3.45. The van der Waals surface area contributed by atoms with Crippen LogP contribution in [0.25, 0.3) is 0 Å². The molecule has 0 radical (unpaired) electrons. The molecule has 5 heteroatoms. The molecule has 1 aromatic heterocycles. The smallest absolute Gasteiger partial charge is 0.306 e. The van der Waals surface area contributed by atoms with Crippen LogP contribution in [0.2, 0.25) is 0 Å². The Morgan fingerprint density at radius 2 is 1.90 bits per heavy atom. The van der Waals surface area contributed by atoms with Gasteiger partial charge in [0.25, 0.3) is 0 Å². The number of hydrogen-bond acceptors (Lipinski definition) is 5. The minimum Gasteiger partial charge on any atom is -0.462 e. The number of fused-ring (bicyclic) bond motifs is 8. The van der Waals surface area contributed by atoms with Gasteiger partial charge >= 0.3 is 5.97 Å². The summed E-state index contributed by atoms with van der Waals surface area (Å²) in [6.07, 6.45) is 11.1. The highest BCUT2D eigenvalue weighted by molar-refractivity contribution is 7.11. The number of allylic oxidation sites excluding steroid dienone is 2. The Hall–Kier alpha value is -1.49. The predicted octanol–water partition coefficient (Wildman–Crippen LogP) is 6.10. The van der Waals surface area contributed by atoms with Gasteiger partial charge in [-0.2, -0.15) is 0 Å². The lowest BCUT2D eigenvalue weighted by Crippen LogP contribution is -2.32. The van der Waals surface area contributed by atoms with Crippen molar-refractivity contribution >= 4 is 23.1 Å². The lowest BCUT2D eigenvalue weighted by atomic mass is 9.67. The molecule has 0 N–H and O–H groups in total. The summed E-state index contributed by atoms with van der Waals surface area (Å²) < 4.78 is 5.91. The number of hydrogen-bond donors (Lipinski definition) is 0. The quantitative estimate of drug-likeness (QED) is 0.494. The van der Waals surface area contributed by atoms with Gasteiger partial charge in [0.2, 0.25) is 0 Å². The van der Waals surface area contributed by atoms with Crippen molar-refractivity contribution in [3.63, 3.8) is 0 Å². The Bertz CT molecular complexity index is 902. The molecule has 3 aliphatic carbocycles. The summed E-state index contributed by atoms with van der Waals surface area (Å²) >= 11 is 1.85. The van der Waals surface area contributed by atoms with E-state index in [-0.39, 0.29) is 35.6 Å². The first-order chi connectivity index (χ1) is 15.0. The van der Waals surface area contributed by atoms with Gasteiger partial charge in [-0.25, -0.2) is 4.98 Å². The van der Waals surface area contributed by atoms with Crippen LogP contribution >= 0.6 is 11.3 Å². The minimum absolute atomic E-state index is 0.00482. The van der Waals surface area contributed by atoms with E-state index in [9.17, 15) is 9.59 Å². The second-order valence-corrected chi connectivity index (χ2v) is 11.5. The molecule has 4 nitrogen and oxygen atoms in total. The van der Waals surface area contributed by atoms with Crippen molar-refractivity contribution in [2.24, 2.45) is 23.7 Å². The van der Waals surface area contributed by atoms with Crippen molar-refractivity contribution < 1.29 is 14.3 Å². The molecule has 1 saturated heterocycles. The summed E-state index contributed by atoms with van der Waals surface area (Å²) in [5, 5.41) is 1.12. The van der Waals surface area contributed by atoms with Crippen LogP contribution in [-0.2, 0) is 14.3 Å². The first-order valence-electron chi connectivity index (χ1n) is 12.4. The summed E-state index contributed by atoms with van der Waals surface area (Å²) in [5.74, 6) is 1.78. The highest BCUT2D eigenvalue weighted by atomic mass is 32.1. The summed E-state index contributed by atoms with van der Waals surface area (Å²) in [6.45, 7) is 6.28. The number of aryl methyl sites for hydroxylation is 1. The molecule has 1 aromatic rings. The SMILES string of the molecule is CCC1CCCCC(C)C(=O)C2=CC3C4CCCC4c4sc(C)nc4C3C2CC(=O)O1. The van der Waals surface area contributed by atoms with Crippen molar-refractivity contribution in [3.8, 4) is 0 Å². The zero-order valence-electron chi connectivity index (χ0n) is 19.1. The fourth-order valence-electron chi connectivity index (χ4n) is 6.90. The third-order valence-electron chi connectivity index (χ3n) is 8.41. The number of cyclic esters (lactones) is 1. The van der Waals surface area contributed by atoms with Crippen molar-refractivity contribution in [2.75, 3.05) is 0 Å². The Kier molecular flexibility index (Phi) is 5.83. The number of nitrogens with zero attached hydrogens (tertiary/aromatic N) is 1. The monoisotopic (exact) mass is 441 g/mol. The molecule has 4 aliphatic rings. The van der Waals surface area contributed by atoms with Gasteiger partial charge in [0, 0.05) is 22.6 Å². The third kappa shape index (κ3) is 3.71. The topological polar surface area (TPSA) is 56.3 Å². The molecular weight excluding hydrogens is 406 g/mol. The van der Waals surface area contributed by atoms with E-state index < -0.39 is 0 Å². The predicted molar refractivity (Wildman–Crippen MR) is 122 cm³/mol. The molecule has 168 valence electrons. The lowest BCUT2D eigenvalue weighted by molar-refractivity contribution is -0.150. The van der Waals surface area contributed by atoms with Gasteiger partial charge in [0.15, 0.2) is 5.78 Å². The third-order valence-corrected chi connectivity index (χ3v) is 9.53. The van der Waals surface area contributed by atoms with Crippen LogP contribution in [0.3, 0.4) is 0 Å². The molecule has 31 heavy (non-hydrogen) atoms. The van der Waals surface area contributed by atoms with E-state index in [2.05, 4.69) is 26.8 Å². The van der Waals surface area contributed by atoms with Crippen LogP contribution in [0.5, 0.6) is 0 Å². The molecule has 7 unspecified atom stereocenters. The van der Waals surface area contributed by atoms with Gasteiger partial charge in [-0.3, -0.25) is 9.59 Å². The number of thiazole rings is 1. The van der Waals surface area contributed by atoms with Gasteiger partial charge < -0.3 is 4.74 Å². The highest BCUT2D eigenvalue weighted by Gasteiger charge is 2.53. The molecule has 5 rings (SSSR count). The van der Waals surface area contributed by atoms with Crippen molar-refractivity contribution in [2.45, 2.75) is 96.5 Å². The zero-order chi connectivity index (χ0) is 21.7. The maximum atomic E-state index is 13.6. The van der Waals surface area contributed by atoms with Crippen LogP contribution in [-0.4, -0.2) is 22.8 Å². The van der Waals surface area contributed by atoms with Crippen molar-refractivity contribution in [3.05, 3.63) is 27.2 Å². The Labute approximate surface area is 189 Å². The molecule has 7 atom stereocenters. The van der Waals surface area contributed by atoms with Crippen LogP contribution in [0.1, 0.15) is 99.0 Å². The zero-order valence-corrected chi connectivity index (χ0v) is 19.9. The Balaban J connectivity index is 1.55. The first-order valence-corrected chi connectivity index (χ1v) is 13.2. The number of ether oxygens (including phenoxy) is 1. The standard InChI is InChI=1S/C26H35NO3S/c1-4-16-9-6-5-8-14(2)25(29)21-12-19-17-10-7-11-18(17)26-24(27-15(3)31-26)23(19)20(21)13-22(28)30-16/h12,14,16-20,23H,4-11,13H2,1-3H3. The summed E-state index contributed by atoms with van der Waals surface area (Å²) in [5.41, 5.74) is 2.11. The first kappa shape index (κ1) is 21.4. The summed E-state index contributed by atoms with van der Waals surface area (Å²) in [7, 11) is 0. The summed E-state index contributed by atoms with van der Waals surface area (Å²) in [6, 6.07) is 0. The van der Waals surface area contributed by atoms with Crippen LogP contribution < -0.4 is 0 Å². The Morgan fingerprint density at radius 1 is 1.10 bits per heavy atom. The number of esters is 1. The average molecular weight is 442 g/mol. The molecule has 0 spiro atoms. The van der Waals surface area contributed by atoms with E-state index in [1.54, 1.807) is 0 Å². The normalized spacial score (nSPS) is 38.2. The Morgan fingerprint density at radius 3 is 2.71 bits per heavy atom.